The number of halogens is 1. The molecule has 0 saturated heterocycles. The first-order valence-corrected chi connectivity index (χ1v) is 15.0. The Morgan fingerprint density at radius 2 is 1.80 bits per heavy atom. The molecule has 1 aliphatic heterocycles. The molecule has 1 fully saturated rings. The number of carbonyl (C=O) groups is 3. The van der Waals surface area contributed by atoms with Gasteiger partial charge < -0.3 is 25.0 Å². The van der Waals surface area contributed by atoms with Crippen molar-refractivity contribution >= 4 is 46.8 Å². The minimum atomic E-state index is -1.11. The van der Waals surface area contributed by atoms with Crippen molar-refractivity contribution < 1.29 is 28.2 Å². The van der Waals surface area contributed by atoms with Crippen LogP contribution in [0.1, 0.15) is 64.7 Å². The first kappa shape index (κ1) is 32.4. The highest BCUT2D eigenvalue weighted by Gasteiger charge is 2.39. The van der Waals surface area contributed by atoms with Crippen molar-refractivity contribution in [3.05, 3.63) is 52.6 Å². The molecule has 3 amide bonds. The molecule has 2 aliphatic rings. The molecule has 246 valence electrons. The maximum absolute atomic E-state index is 13.6. The minimum absolute atomic E-state index is 0.0639. The first-order valence-electron chi connectivity index (χ1n) is 15.0. The molecule has 0 spiro atoms. The summed E-state index contributed by atoms with van der Waals surface area (Å²) in [6, 6.07) is 4.19. The molecule has 0 aromatic carbocycles. The molecule has 3 aromatic rings. The van der Waals surface area contributed by atoms with Crippen LogP contribution in [0.25, 0.3) is 11.3 Å². The smallest absolute Gasteiger partial charge is 0.415 e. The highest BCUT2D eigenvalue weighted by Crippen LogP contribution is 2.28. The van der Waals surface area contributed by atoms with Gasteiger partial charge in [-0.1, -0.05) is 0 Å². The molecule has 0 bridgehead atoms. The lowest BCUT2D eigenvalue weighted by Crippen LogP contribution is -2.40. The first-order chi connectivity index (χ1) is 21.5. The summed E-state index contributed by atoms with van der Waals surface area (Å²) in [6.07, 6.45) is 3.16. The predicted molar refractivity (Wildman–Crippen MR) is 169 cm³/mol. The molecule has 14 nitrogen and oxygen atoms in total. The van der Waals surface area contributed by atoms with Gasteiger partial charge in [-0.3, -0.25) is 19.1 Å². The molecule has 5 rings (SSSR count). The van der Waals surface area contributed by atoms with Gasteiger partial charge >= 0.3 is 12.2 Å². The van der Waals surface area contributed by atoms with Crippen LogP contribution in [0, 0.1) is 0 Å². The summed E-state index contributed by atoms with van der Waals surface area (Å²) in [4.78, 5) is 59.5. The van der Waals surface area contributed by atoms with Gasteiger partial charge in [0, 0.05) is 50.9 Å². The number of amides is 3. The van der Waals surface area contributed by atoms with E-state index in [1.165, 1.54) is 33.3 Å². The van der Waals surface area contributed by atoms with Crippen LogP contribution < -0.4 is 21.1 Å². The second-order valence-corrected chi connectivity index (χ2v) is 13.3. The molecule has 1 saturated carbocycles. The fourth-order valence-electron chi connectivity index (χ4n) is 4.72. The van der Waals surface area contributed by atoms with Crippen LogP contribution in [0.2, 0.25) is 0 Å². The van der Waals surface area contributed by atoms with Gasteiger partial charge in [-0.15, -0.1) is 0 Å². The summed E-state index contributed by atoms with van der Waals surface area (Å²) in [6.45, 7) is 11.3. The van der Waals surface area contributed by atoms with Gasteiger partial charge in [0.05, 0.1) is 12.2 Å². The summed E-state index contributed by atoms with van der Waals surface area (Å²) in [5.74, 6) is -0.225. The normalized spacial score (nSPS) is 18.1. The largest absolute Gasteiger partial charge is 0.444 e. The average molecular weight is 639 g/mol. The van der Waals surface area contributed by atoms with Crippen LogP contribution in [-0.2, 0) is 9.47 Å². The Morgan fingerprint density at radius 1 is 1.11 bits per heavy atom. The van der Waals surface area contributed by atoms with E-state index in [-0.39, 0.29) is 47.1 Å². The Balaban J connectivity index is 1.46. The minimum Gasteiger partial charge on any atom is -0.444 e. The number of hydrogen-bond donors (Lipinski definition) is 2. The van der Waals surface area contributed by atoms with Crippen LogP contribution in [0.4, 0.5) is 31.3 Å². The molecule has 4 heterocycles. The third kappa shape index (κ3) is 7.29. The van der Waals surface area contributed by atoms with Crippen molar-refractivity contribution in [1.82, 2.24) is 29.4 Å². The van der Waals surface area contributed by atoms with E-state index in [1.54, 1.807) is 70.8 Å². The van der Waals surface area contributed by atoms with E-state index in [9.17, 15) is 23.6 Å². The van der Waals surface area contributed by atoms with Crippen molar-refractivity contribution in [1.29, 1.82) is 0 Å². The van der Waals surface area contributed by atoms with Crippen LogP contribution in [-0.4, -0.2) is 85.7 Å². The van der Waals surface area contributed by atoms with E-state index >= 15 is 0 Å². The van der Waals surface area contributed by atoms with Gasteiger partial charge in [-0.05, 0) is 59.8 Å². The molecule has 2 atom stereocenters. The Kier molecular flexibility index (Phi) is 8.53. The number of rotatable bonds is 6. The van der Waals surface area contributed by atoms with Gasteiger partial charge in [0.25, 0.3) is 11.5 Å². The molecule has 0 unspecified atom stereocenters. The zero-order valence-electron chi connectivity index (χ0n) is 27.0. The van der Waals surface area contributed by atoms with Crippen molar-refractivity contribution in [2.75, 3.05) is 30.4 Å². The van der Waals surface area contributed by atoms with Gasteiger partial charge in [0.2, 0.25) is 0 Å². The highest BCUT2D eigenvalue weighted by molar-refractivity contribution is 6.01. The van der Waals surface area contributed by atoms with Crippen molar-refractivity contribution in [3.63, 3.8) is 0 Å². The van der Waals surface area contributed by atoms with Crippen LogP contribution in [0.5, 0.6) is 0 Å². The van der Waals surface area contributed by atoms with Gasteiger partial charge in [-0.2, -0.15) is 9.61 Å². The SMILES string of the molecule is CN(C(=O)OC(C)(C)C)c1cc(Nc2cccn(C3=CCN(C(=O)OC(C)(C)C)CC3)c2=O)nc2c(C(=O)N[C@@H]3C[C@@H]3F)cnn12. The average Bonchev–Trinajstić information content (AvgIpc) is 3.48. The molecular formula is C31H39FN8O6. The summed E-state index contributed by atoms with van der Waals surface area (Å²) < 4.78 is 27.3. The Morgan fingerprint density at radius 3 is 2.41 bits per heavy atom. The molecule has 0 radical (unpaired) electrons. The van der Waals surface area contributed by atoms with E-state index in [0.29, 0.717) is 18.7 Å². The molecule has 46 heavy (non-hydrogen) atoms. The third-order valence-corrected chi connectivity index (χ3v) is 7.09. The standard InChI is InChI=1S/C31H39FN8O6/c1-30(2,3)45-28(43)37(7)24-16-23(36-25-19(17-33-40(24)25)26(41)35-22-15-20(22)32)34-21-9-8-12-39(27(21)42)18-10-13-38(14-11-18)29(44)46-31(4,5)6/h8-10,12,16-17,20,22H,11,13-15H2,1-7H3,(H,34,36)(H,35,41)/t20-,22+/m0/s1. The summed E-state index contributed by atoms with van der Waals surface area (Å²) in [5.41, 5.74) is -0.753. The predicted octanol–water partition coefficient (Wildman–Crippen LogP) is 4.33. The van der Waals surface area contributed by atoms with Crippen molar-refractivity contribution in [3.8, 4) is 0 Å². The zero-order valence-corrected chi connectivity index (χ0v) is 27.0. The van der Waals surface area contributed by atoms with E-state index < -0.39 is 41.5 Å². The lowest BCUT2D eigenvalue weighted by molar-refractivity contribution is 0.0269. The molecule has 2 N–H and O–H groups in total. The third-order valence-electron chi connectivity index (χ3n) is 7.09. The molecule has 3 aromatic heterocycles. The number of hydrogen-bond acceptors (Lipinski definition) is 9. The zero-order chi connectivity index (χ0) is 33.6. The lowest BCUT2D eigenvalue weighted by atomic mass is 10.2. The fraction of sp³-hybridized carbons (Fsp3) is 0.484. The number of fused-ring (bicyclic) bond motifs is 1. The van der Waals surface area contributed by atoms with Crippen LogP contribution in [0.15, 0.2) is 41.5 Å². The fourth-order valence-corrected chi connectivity index (χ4v) is 4.72. The number of alkyl halides is 1. The topological polar surface area (TPSA) is 152 Å². The monoisotopic (exact) mass is 638 g/mol. The van der Waals surface area contributed by atoms with Crippen LogP contribution >= 0.6 is 0 Å². The van der Waals surface area contributed by atoms with Crippen molar-refractivity contribution in [2.45, 2.75) is 77.8 Å². The van der Waals surface area contributed by atoms with E-state index in [4.69, 9.17) is 9.47 Å². The number of aromatic nitrogens is 4. The number of anilines is 3. The molecule has 1 aliphatic carbocycles. The van der Waals surface area contributed by atoms with Gasteiger partial charge in [0.1, 0.15) is 40.3 Å². The molecule has 15 heteroatoms. The summed E-state index contributed by atoms with van der Waals surface area (Å²) in [5, 5.41) is 9.92. The van der Waals surface area contributed by atoms with E-state index in [0.717, 1.165) is 0 Å². The highest BCUT2D eigenvalue weighted by atomic mass is 19.1. The maximum Gasteiger partial charge on any atom is 0.415 e. The second kappa shape index (κ2) is 12.1. The van der Waals surface area contributed by atoms with E-state index in [2.05, 4.69) is 20.7 Å². The maximum atomic E-state index is 13.6. The van der Waals surface area contributed by atoms with E-state index in [1.807, 2.05) is 0 Å². The Labute approximate surface area is 265 Å². The van der Waals surface area contributed by atoms with Crippen LogP contribution in [0.3, 0.4) is 0 Å². The molecular weight excluding hydrogens is 599 g/mol. The number of carbonyl (C=O) groups excluding carboxylic acids is 3. The number of ether oxygens (including phenoxy) is 2. The lowest BCUT2D eigenvalue weighted by Gasteiger charge is -2.29. The van der Waals surface area contributed by atoms with Gasteiger partial charge in [-0.25, -0.2) is 19.0 Å². The number of pyridine rings is 1. The number of nitrogens with one attached hydrogen (secondary N) is 2. The Bertz CT molecular complexity index is 1770. The summed E-state index contributed by atoms with van der Waals surface area (Å²) >= 11 is 0. The van der Waals surface area contributed by atoms with Gasteiger partial charge in [0.15, 0.2) is 5.65 Å². The second-order valence-electron chi connectivity index (χ2n) is 13.3. The number of nitrogens with zero attached hydrogens (tertiary/aromatic N) is 6. The summed E-state index contributed by atoms with van der Waals surface area (Å²) in [7, 11) is 1.48. The van der Waals surface area contributed by atoms with Crippen molar-refractivity contribution in [2.24, 2.45) is 0 Å². The quantitative estimate of drug-likeness (QED) is 0.402. The Hall–Kier alpha value is -4.95.